The molecule has 0 saturated carbocycles. The molecule has 0 aliphatic carbocycles. The van der Waals surface area contributed by atoms with Gasteiger partial charge in [0, 0.05) is 5.69 Å². The monoisotopic (exact) mass is 354 g/mol. The van der Waals surface area contributed by atoms with Gasteiger partial charge in [0.05, 0.1) is 23.9 Å². The minimum Gasteiger partial charge on any atom is -0.478 e. The third-order valence-electron chi connectivity index (χ3n) is 3.97. The third kappa shape index (κ3) is 2.95. The number of methoxy groups -OCH3 is 1. The van der Waals surface area contributed by atoms with E-state index in [0.717, 1.165) is 0 Å². The zero-order chi connectivity index (χ0) is 18.8. The Balaban J connectivity index is 2.25. The highest BCUT2D eigenvalue weighted by molar-refractivity contribution is 5.90. The fraction of sp³-hybridized carbons (Fsp3) is 0.105. The van der Waals surface area contributed by atoms with Gasteiger partial charge in [-0.25, -0.2) is 19.0 Å². The molecule has 1 aromatic heterocycles. The number of benzene rings is 2. The van der Waals surface area contributed by atoms with Crippen LogP contribution in [0.5, 0.6) is 0 Å². The number of ether oxygens (including phenoxy) is 1. The number of halogens is 1. The Kier molecular flexibility index (Phi) is 4.53. The van der Waals surface area contributed by atoms with E-state index in [1.54, 1.807) is 41.8 Å². The second-order valence-corrected chi connectivity index (χ2v) is 5.53. The molecule has 2 aromatic carbocycles. The molecule has 1 N–H and O–H groups in total. The summed E-state index contributed by atoms with van der Waals surface area (Å²) >= 11 is 0. The predicted octanol–water partition coefficient (Wildman–Crippen LogP) is 3.47. The predicted molar refractivity (Wildman–Crippen MR) is 92.0 cm³/mol. The Morgan fingerprint density at radius 1 is 1.12 bits per heavy atom. The molecule has 0 atom stereocenters. The maximum atomic E-state index is 14.3. The third-order valence-corrected chi connectivity index (χ3v) is 3.97. The van der Waals surface area contributed by atoms with E-state index in [1.165, 1.54) is 25.3 Å². The van der Waals surface area contributed by atoms with Crippen LogP contribution in [0.25, 0.3) is 17.1 Å². The van der Waals surface area contributed by atoms with Gasteiger partial charge < -0.3 is 9.84 Å². The van der Waals surface area contributed by atoms with Crippen LogP contribution in [0.15, 0.2) is 48.5 Å². The van der Waals surface area contributed by atoms with E-state index in [-0.39, 0.29) is 22.6 Å². The molecule has 1 heterocycles. The zero-order valence-electron chi connectivity index (χ0n) is 14.1. The topological polar surface area (TPSA) is 81.4 Å². The summed E-state index contributed by atoms with van der Waals surface area (Å²) < 4.78 is 20.7. The van der Waals surface area contributed by atoms with E-state index in [1.807, 2.05) is 0 Å². The number of nitrogens with zero attached hydrogens (tertiary/aromatic N) is 2. The first-order valence-electron chi connectivity index (χ1n) is 7.70. The minimum atomic E-state index is -1.05. The van der Waals surface area contributed by atoms with Crippen molar-refractivity contribution in [1.29, 1.82) is 0 Å². The second-order valence-electron chi connectivity index (χ2n) is 5.53. The summed E-state index contributed by atoms with van der Waals surface area (Å²) in [4.78, 5) is 27.3. The van der Waals surface area contributed by atoms with Crippen LogP contribution >= 0.6 is 0 Å². The van der Waals surface area contributed by atoms with Crippen molar-refractivity contribution in [3.8, 4) is 17.1 Å². The summed E-state index contributed by atoms with van der Waals surface area (Å²) in [5, 5.41) is 9.05. The highest BCUT2D eigenvalue weighted by Gasteiger charge is 2.23. The van der Waals surface area contributed by atoms with E-state index in [0.29, 0.717) is 11.4 Å². The van der Waals surface area contributed by atoms with Gasteiger partial charge in [-0.2, -0.15) is 0 Å². The maximum absolute atomic E-state index is 14.3. The van der Waals surface area contributed by atoms with Crippen LogP contribution in [-0.2, 0) is 4.74 Å². The first kappa shape index (κ1) is 17.3. The van der Waals surface area contributed by atoms with Crippen molar-refractivity contribution >= 4 is 11.9 Å². The number of hydrogen-bond acceptors (Lipinski definition) is 4. The van der Waals surface area contributed by atoms with Crippen molar-refractivity contribution in [2.45, 2.75) is 6.92 Å². The van der Waals surface area contributed by atoms with E-state index in [2.05, 4.69) is 4.98 Å². The smallest absolute Gasteiger partial charge is 0.358 e. The normalized spacial score (nSPS) is 10.6. The van der Waals surface area contributed by atoms with Gasteiger partial charge >= 0.3 is 11.9 Å². The van der Waals surface area contributed by atoms with Crippen LogP contribution in [-0.4, -0.2) is 33.7 Å². The van der Waals surface area contributed by atoms with Crippen molar-refractivity contribution in [2.75, 3.05) is 7.11 Å². The standard InChI is InChI=1S/C19H15FN2O4/c1-11-16(19(25)26-2)21-17(14-5-3-4-6-15(14)20)22(11)13-9-7-12(8-10-13)18(23)24/h3-10H,1-2H3,(H,23,24). The second kappa shape index (κ2) is 6.79. The molecule has 26 heavy (non-hydrogen) atoms. The van der Waals surface area contributed by atoms with Crippen molar-refractivity contribution < 1.29 is 23.8 Å². The van der Waals surface area contributed by atoms with Gasteiger partial charge in [-0.05, 0) is 43.3 Å². The molecule has 7 heteroatoms. The summed E-state index contributed by atoms with van der Waals surface area (Å²) in [6.07, 6.45) is 0. The molecule has 0 fully saturated rings. The number of carboxylic acids is 1. The Morgan fingerprint density at radius 3 is 2.35 bits per heavy atom. The van der Waals surface area contributed by atoms with E-state index in [9.17, 15) is 14.0 Å². The molecule has 3 aromatic rings. The number of imidazole rings is 1. The molecule has 0 saturated heterocycles. The Morgan fingerprint density at radius 2 is 1.77 bits per heavy atom. The minimum absolute atomic E-state index is 0.0630. The number of carbonyl (C=O) groups is 2. The van der Waals surface area contributed by atoms with E-state index >= 15 is 0 Å². The number of carboxylic acid groups (broad SMARTS) is 1. The molecule has 0 spiro atoms. The molecule has 3 rings (SSSR count). The summed E-state index contributed by atoms with van der Waals surface area (Å²) in [6, 6.07) is 12.1. The van der Waals surface area contributed by atoms with Crippen LogP contribution < -0.4 is 0 Å². The number of carbonyl (C=O) groups excluding carboxylic acids is 1. The SMILES string of the molecule is COC(=O)c1nc(-c2ccccc2F)n(-c2ccc(C(=O)O)cc2)c1C. The van der Waals surface area contributed by atoms with Gasteiger partial charge in [0.15, 0.2) is 5.69 Å². The molecule has 0 bridgehead atoms. The molecule has 0 aliphatic heterocycles. The summed E-state index contributed by atoms with van der Waals surface area (Å²) in [5.41, 5.74) is 1.40. The fourth-order valence-corrected chi connectivity index (χ4v) is 2.68. The van der Waals surface area contributed by atoms with Gasteiger partial charge in [-0.3, -0.25) is 4.57 Å². The molecule has 132 valence electrons. The Hall–Kier alpha value is -3.48. The first-order valence-corrected chi connectivity index (χ1v) is 7.70. The van der Waals surface area contributed by atoms with Crippen molar-refractivity contribution in [3.05, 3.63) is 71.3 Å². The van der Waals surface area contributed by atoms with Crippen LogP contribution in [0.2, 0.25) is 0 Å². The van der Waals surface area contributed by atoms with Crippen molar-refractivity contribution in [2.24, 2.45) is 0 Å². The lowest BCUT2D eigenvalue weighted by Gasteiger charge is -2.11. The lowest BCUT2D eigenvalue weighted by Crippen LogP contribution is -2.05. The van der Waals surface area contributed by atoms with Crippen LogP contribution in [0.4, 0.5) is 4.39 Å². The fourth-order valence-electron chi connectivity index (χ4n) is 2.68. The number of rotatable bonds is 4. The van der Waals surface area contributed by atoms with E-state index < -0.39 is 17.8 Å². The summed E-state index contributed by atoms with van der Waals surface area (Å²) in [5.74, 6) is -1.95. The molecule has 0 amide bonds. The van der Waals surface area contributed by atoms with Crippen molar-refractivity contribution in [3.63, 3.8) is 0 Å². The van der Waals surface area contributed by atoms with Crippen LogP contribution in [0.1, 0.15) is 26.5 Å². The molecule has 6 nitrogen and oxygen atoms in total. The number of esters is 1. The van der Waals surface area contributed by atoms with Gasteiger partial charge in [0.1, 0.15) is 11.6 Å². The highest BCUT2D eigenvalue weighted by Crippen LogP contribution is 2.28. The summed E-state index contributed by atoms with van der Waals surface area (Å²) in [7, 11) is 1.24. The number of aromatic carboxylic acids is 1. The maximum Gasteiger partial charge on any atom is 0.358 e. The molecule has 0 radical (unpaired) electrons. The molecule has 0 aliphatic rings. The Labute approximate surface area is 148 Å². The molecule has 0 unspecified atom stereocenters. The van der Waals surface area contributed by atoms with E-state index in [4.69, 9.17) is 9.84 Å². The average molecular weight is 354 g/mol. The zero-order valence-corrected chi connectivity index (χ0v) is 14.1. The lowest BCUT2D eigenvalue weighted by molar-refractivity contribution is 0.0593. The lowest BCUT2D eigenvalue weighted by atomic mass is 10.1. The first-order chi connectivity index (χ1) is 12.4. The van der Waals surface area contributed by atoms with Gasteiger partial charge in [0.25, 0.3) is 0 Å². The Bertz CT molecular complexity index is 993. The quantitative estimate of drug-likeness (QED) is 0.726. The largest absolute Gasteiger partial charge is 0.478 e. The highest BCUT2D eigenvalue weighted by atomic mass is 19.1. The van der Waals surface area contributed by atoms with Crippen molar-refractivity contribution in [1.82, 2.24) is 9.55 Å². The summed E-state index contributed by atoms with van der Waals surface area (Å²) in [6.45, 7) is 1.66. The number of hydrogen-bond donors (Lipinski definition) is 1. The molecular formula is C19H15FN2O4. The van der Waals surface area contributed by atoms with Gasteiger partial charge in [-0.1, -0.05) is 12.1 Å². The average Bonchev–Trinajstić information content (AvgIpc) is 2.98. The number of aromatic nitrogens is 2. The molecular weight excluding hydrogens is 339 g/mol. The van der Waals surface area contributed by atoms with Crippen LogP contribution in [0.3, 0.4) is 0 Å². The van der Waals surface area contributed by atoms with Gasteiger partial charge in [0.2, 0.25) is 0 Å². The van der Waals surface area contributed by atoms with Gasteiger partial charge in [-0.15, -0.1) is 0 Å². The van der Waals surface area contributed by atoms with Crippen LogP contribution in [0, 0.1) is 12.7 Å².